The van der Waals surface area contributed by atoms with Crippen LogP contribution >= 0.6 is 0 Å². The van der Waals surface area contributed by atoms with Crippen LogP contribution in [0.3, 0.4) is 0 Å². The molecule has 0 amide bonds. The maximum atomic E-state index is 12.1. The number of fused-ring (bicyclic) bond motifs is 2. The van der Waals surface area contributed by atoms with Gasteiger partial charge in [-0.25, -0.2) is 9.59 Å². The van der Waals surface area contributed by atoms with Crippen LogP contribution in [0.25, 0.3) is 12.2 Å². The van der Waals surface area contributed by atoms with Gasteiger partial charge in [0.15, 0.2) is 6.61 Å². The van der Waals surface area contributed by atoms with E-state index in [-0.39, 0.29) is 37.4 Å². The Balaban J connectivity index is 2.01. The van der Waals surface area contributed by atoms with Gasteiger partial charge in [-0.2, -0.15) is 0 Å². The third-order valence-electron chi connectivity index (χ3n) is 6.79. The average molecular weight is 615 g/mol. The molecule has 7 heteroatoms. The van der Waals surface area contributed by atoms with Crippen LogP contribution in [-0.2, 0) is 30.2 Å². The van der Waals surface area contributed by atoms with Gasteiger partial charge in [0.2, 0.25) is 0 Å². The summed E-state index contributed by atoms with van der Waals surface area (Å²) in [6.07, 6.45) is 16.4. The molecule has 0 bridgehead atoms. The Labute approximate surface area is 267 Å². The van der Waals surface area contributed by atoms with Crippen LogP contribution in [0.2, 0.25) is 0 Å². The van der Waals surface area contributed by atoms with Crippen molar-refractivity contribution in [1.82, 2.24) is 0 Å². The predicted octanol–water partition coefficient (Wildman–Crippen LogP) is 6.25. The van der Waals surface area contributed by atoms with E-state index in [0.29, 0.717) is 12.2 Å². The number of carbonyl (C=O) groups excluding carboxylic acids is 2. The highest BCUT2D eigenvalue weighted by Gasteiger charge is 2.19. The fourth-order valence-corrected chi connectivity index (χ4v) is 4.73. The van der Waals surface area contributed by atoms with Gasteiger partial charge in [0.25, 0.3) is 0 Å². The molecule has 0 spiro atoms. The van der Waals surface area contributed by atoms with E-state index in [1.54, 1.807) is 40.0 Å². The predicted molar refractivity (Wildman–Crippen MR) is 178 cm³/mol. The second kappa shape index (κ2) is 17.8. The van der Waals surface area contributed by atoms with Gasteiger partial charge in [-0.3, -0.25) is 0 Å². The van der Waals surface area contributed by atoms with E-state index in [1.165, 1.54) is 0 Å². The largest absolute Gasteiger partial charge is 0.482 e. The van der Waals surface area contributed by atoms with E-state index < -0.39 is 11.9 Å². The number of hydrogen-bond donors (Lipinski definition) is 0. The van der Waals surface area contributed by atoms with Gasteiger partial charge in [-0.15, -0.1) is 6.58 Å². The number of benzene rings is 2. The lowest BCUT2D eigenvalue weighted by Crippen LogP contribution is -2.26. The molecule has 0 N–H and O–H groups in total. The summed E-state index contributed by atoms with van der Waals surface area (Å²) in [6.45, 7) is 15.0. The van der Waals surface area contributed by atoms with Gasteiger partial charge in [-0.05, 0) is 81.3 Å². The third kappa shape index (κ3) is 11.6. The number of hydrogen-bond acceptors (Lipinski definition) is 7. The highest BCUT2D eigenvalue weighted by atomic mass is 16.6. The zero-order chi connectivity index (χ0) is 32.8. The topological polar surface area (TPSA) is 80.3 Å². The van der Waals surface area contributed by atoms with E-state index in [2.05, 4.69) is 50.8 Å². The summed E-state index contributed by atoms with van der Waals surface area (Å²) < 4.78 is 28.1. The fourth-order valence-electron chi connectivity index (χ4n) is 4.73. The molecular weight excluding hydrogens is 568 g/mol. The Morgan fingerprint density at radius 1 is 0.978 bits per heavy atom. The van der Waals surface area contributed by atoms with Gasteiger partial charge >= 0.3 is 11.9 Å². The number of rotatable bonds is 14. The van der Waals surface area contributed by atoms with Gasteiger partial charge in [0.05, 0.1) is 24.6 Å². The molecule has 2 unspecified atom stereocenters. The van der Waals surface area contributed by atoms with Crippen molar-refractivity contribution in [2.24, 2.45) is 0 Å². The highest BCUT2D eigenvalue weighted by molar-refractivity contribution is 5.71. The summed E-state index contributed by atoms with van der Waals surface area (Å²) in [5, 5.41) is 1.92. The molecule has 2 aromatic carbocycles. The zero-order valence-electron chi connectivity index (χ0n) is 27.3. The lowest BCUT2D eigenvalue weighted by Gasteiger charge is -2.21. The van der Waals surface area contributed by atoms with Crippen LogP contribution in [0.4, 0.5) is 0 Å². The summed E-state index contributed by atoms with van der Waals surface area (Å²) >= 11 is 0. The molecule has 1 aliphatic rings. The summed E-state index contributed by atoms with van der Waals surface area (Å²) in [5.74, 6) is 0.354. The van der Waals surface area contributed by atoms with Crippen molar-refractivity contribution in [2.75, 3.05) is 13.2 Å². The second-order valence-electron chi connectivity index (χ2n) is 11.3. The first-order valence-corrected chi connectivity index (χ1v) is 15.5. The Morgan fingerprint density at radius 2 is 1.71 bits per heavy atom. The molecule has 7 nitrogen and oxygen atoms in total. The first kappa shape index (κ1) is 35.1. The quantitative estimate of drug-likeness (QED) is 0.142. The number of allylic oxidation sites excluding steroid dienone is 5. The highest BCUT2D eigenvalue weighted by Crippen LogP contribution is 2.35. The Kier molecular flexibility index (Phi) is 13.9. The molecule has 0 radical (unpaired) electrons. The maximum absolute atomic E-state index is 12.1. The van der Waals surface area contributed by atoms with E-state index >= 15 is 0 Å². The standard InChI is InChI=1S/C38H46O7/c1-8-10-11-13-28(7)34-23-31-16-17-33(43-25-38(40)45-27(5)6)22-30(31)14-12-19-41-36-18-15-29(21-35(34)36)20-32(9-2)42-24-37(39)44-26(3)4/h9-19,21-23,26-27,32,34H,2,8,20,24-25H2,1,3-7H3/b11-10-,19-12+,28-13+,30-14-,31-23+. The number of carbonyl (C=O) groups is 2. The molecule has 2 atom stereocenters. The molecule has 1 heterocycles. The average Bonchev–Trinajstić information content (AvgIpc) is 2.99. The third-order valence-corrected chi connectivity index (χ3v) is 6.79. The Hall–Kier alpha value is -4.36. The smallest absolute Gasteiger partial charge is 0.344 e. The Bertz CT molecular complexity index is 1530. The van der Waals surface area contributed by atoms with Gasteiger partial charge in [0, 0.05) is 17.9 Å². The van der Waals surface area contributed by atoms with Gasteiger partial charge in [-0.1, -0.05) is 67.2 Å². The van der Waals surface area contributed by atoms with Crippen LogP contribution in [0.15, 0.2) is 85.2 Å². The van der Waals surface area contributed by atoms with Crippen LogP contribution in [0, 0.1) is 0 Å². The summed E-state index contributed by atoms with van der Waals surface area (Å²) in [5.41, 5.74) is 3.13. The van der Waals surface area contributed by atoms with Crippen molar-refractivity contribution in [3.05, 3.63) is 107 Å². The molecule has 45 heavy (non-hydrogen) atoms. The van der Waals surface area contributed by atoms with Crippen molar-refractivity contribution >= 4 is 24.1 Å². The van der Waals surface area contributed by atoms with Gasteiger partial charge in [0.1, 0.15) is 18.1 Å². The molecule has 0 aromatic heterocycles. The van der Waals surface area contributed by atoms with Crippen LogP contribution < -0.4 is 19.9 Å². The lowest BCUT2D eigenvalue weighted by molar-refractivity contribution is -0.154. The van der Waals surface area contributed by atoms with Crippen molar-refractivity contribution < 1.29 is 33.3 Å². The summed E-state index contributed by atoms with van der Waals surface area (Å²) in [4.78, 5) is 24.1. The first-order valence-electron chi connectivity index (χ1n) is 15.5. The molecule has 1 aliphatic heterocycles. The molecule has 3 rings (SSSR count). The minimum atomic E-state index is -0.415. The van der Waals surface area contributed by atoms with Gasteiger partial charge < -0.3 is 23.7 Å². The minimum absolute atomic E-state index is 0.128. The van der Waals surface area contributed by atoms with E-state index in [4.69, 9.17) is 23.7 Å². The van der Waals surface area contributed by atoms with Crippen molar-refractivity contribution in [2.45, 2.75) is 78.6 Å². The maximum Gasteiger partial charge on any atom is 0.344 e. The molecular formula is C38H46O7. The summed E-state index contributed by atoms with van der Waals surface area (Å²) in [6, 6.07) is 11.9. The normalized spacial score (nSPS) is 17.5. The van der Waals surface area contributed by atoms with Crippen LogP contribution in [0.5, 0.6) is 11.5 Å². The van der Waals surface area contributed by atoms with Crippen molar-refractivity contribution in [3.63, 3.8) is 0 Å². The van der Waals surface area contributed by atoms with Crippen LogP contribution in [-0.4, -0.2) is 43.5 Å². The fraction of sp³-hybridized carbons (Fsp3) is 0.368. The van der Waals surface area contributed by atoms with E-state index in [1.807, 2.05) is 42.5 Å². The van der Waals surface area contributed by atoms with Crippen molar-refractivity contribution in [1.29, 1.82) is 0 Å². The molecule has 0 fully saturated rings. The van der Waals surface area contributed by atoms with Crippen molar-refractivity contribution in [3.8, 4) is 11.5 Å². The molecule has 0 saturated carbocycles. The Morgan fingerprint density at radius 3 is 2.40 bits per heavy atom. The lowest BCUT2D eigenvalue weighted by atomic mass is 9.87. The van der Waals surface area contributed by atoms with Crippen LogP contribution in [0.1, 0.15) is 65.0 Å². The van der Waals surface area contributed by atoms with E-state index in [9.17, 15) is 9.59 Å². The number of esters is 2. The SMILES string of the molecule is C=CC(Cc1ccc2c(c1)C(/C(C)=C/C=C\CC)\C=c1/ccc(OCC(=O)OC(C)C)c/c1=C/C=C/O2)OCC(=O)OC(C)C. The summed E-state index contributed by atoms with van der Waals surface area (Å²) in [7, 11) is 0. The number of ether oxygens (including phenoxy) is 5. The zero-order valence-corrected chi connectivity index (χ0v) is 27.3. The molecule has 0 aliphatic carbocycles. The minimum Gasteiger partial charge on any atom is -0.482 e. The molecule has 0 saturated heterocycles. The second-order valence-corrected chi connectivity index (χ2v) is 11.3. The first-order chi connectivity index (χ1) is 21.6. The molecule has 240 valence electrons. The van der Waals surface area contributed by atoms with E-state index in [0.717, 1.165) is 39.3 Å². The molecule has 2 aromatic rings. The monoisotopic (exact) mass is 614 g/mol.